The lowest BCUT2D eigenvalue weighted by molar-refractivity contribution is 0.0820. The number of aliphatic hydroxyl groups excluding tert-OH is 1. The smallest absolute Gasteiger partial charge is 0.132 e. The molecule has 2 atom stereocenters. The van der Waals surface area contributed by atoms with E-state index in [0.717, 1.165) is 13.0 Å². The number of likely N-dealkylation sites (tertiary alicyclic amines) is 1. The van der Waals surface area contributed by atoms with Crippen molar-refractivity contribution in [2.45, 2.75) is 50.7 Å². The molecule has 0 amide bonds. The van der Waals surface area contributed by atoms with Gasteiger partial charge in [-0.3, -0.25) is 0 Å². The average Bonchev–Trinajstić information content (AvgIpc) is 3.07. The van der Waals surface area contributed by atoms with E-state index in [-0.39, 0.29) is 0 Å². The van der Waals surface area contributed by atoms with Gasteiger partial charge in [-0.2, -0.15) is 0 Å². The van der Waals surface area contributed by atoms with Crippen LogP contribution in [0.15, 0.2) is 22.8 Å². The van der Waals surface area contributed by atoms with Gasteiger partial charge in [-0.15, -0.1) is 0 Å². The fourth-order valence-corrected chi connectivity index (χ4v) is 4.22. The summed E-state index contributed by atoms with van der Waals surface area (Å²) in [5.74, 6) is 0.710. The second kappa shape index (κ2) is 9.72. The number of nitrogens with zero attached hydrogens (tertiary/aromatic N) is 3. The van der Waals surface area contributed by atoms with Crippen LogP contribution >= 0.6 is 0 Å². The summed E-state index contributed by atoms with van der Waals surface area (Å²) < 4.78 is 5.39. The van der Waals surface area contributed by atoms with Crippen LogP contribution in [0.1, 0.15) is 50.4 Å². The Morgan fingerprint density at radius 3 is 2.72 bits per heavy atom. The molecule has 1 aromatic rings. The molecule has 2 fully saturated rings. The highest BCUT2D eigenvalue weighted by Gasteiger charge is 2.25. The van der Waals surface area contributed by atoms with E-state index in [1.165, 1.54) is 71.4 Å². The van der Waals surface area contributed by atoms with Crippen molar-refractivity contribution in [3.8, 4) is 0 Å². The first kappa shape index (κ1) is 18.9. The topological polar surface area (TPSA) is 43.1 Å². The monoisotopic (exact) mass is 349 g/mol. The number of rotatable bonds is 7. The predicted molar refractivity (Wildman–Crippen MR) is 101 cm³/mol. The molecule has 25 heavy (non-hydrogen) atoms. The Hall–Kier alpha value is -0.880. The maximum absolute atomic E-state index is 10.5. The molecule has 3 heterocycles. The van der Waals surface area contributed by atoms with Gasteiger partial charge >= 0.3 is 0 Å². The van der Waals surface area contributed by atoms with Crippen molar-refractivity contribution in [1.29, 1.82) is 0 Å². The molecule has 0 saturated carbocycles. The zero-order chi connectivity index (χ0) is 17.5. The fourth-order valence-electron chi connectivity index (χ4n) is 4.22. The van der Waals surface area contributed by atoms with Gasteiger partial charge < -0.3 is 24.2 Å². The van der Waals surface area contributed by atoms with Crippen LogP contribution in [0, 0.1) is 0 Å². The van der Waals surface area contributed by atoms with E-state index >= 15 is 0 Å². The molecule has 2 aliphatic heterocycles. The van der Waals surface area contributed by atoms with E-state index in [1.807, 2.05) is 12.1 Å². The lowest BCUT2D eigenvalue weighted by Crippen LogP contribution is -2.45. The first-order valence-corrected chi connectivity index (χ1v) is 10.1. The van der Waals surface area contributed by atoms with Crippen molar-refractivity contribution in [3.63, 3.8) is 0 Å². The van der Waals surface area contributed by atoms with Gasteiger partial charge in [0.1, 0.15) is 11.9 Å². The molecule has 142 valence electrons. The number of likely N-dealkylation sites (N-methyl/N-ethyl adjacent to an activating group) is 1. The number of hydrogen-bond donors (Lipinski definition) is 1. The van der Waals surface area contributed by atoms with Crippen LogP contribution in [0.3, 0.4) is 0 Å². The van der Waals surface area contributed by atoms with Crippen LogP contribution in [0.25, 0.3) is 0 Å². The van der Waals surface area contributed by atoms with Crippen molar-refractivity contribution in [1.82, 2.24) is 14.7 Å². The normalized spacial score (nSPS) is 25.8. The second-order valence-corrected chi connectivity index (χ2v) is 7.80. The van der Waals surface area contributed by atoms with Crippen LogP contribution in [-0.4, -0.2) is 78.7 Å². The van der Waals surface area contributed by atoms with Gasteiger partial charge in [-0.05, 0) is 64.5 Å². The highest BCUT2D eigenvalue weighted by Crippen LogP contribution is 2.26. The van der Waals surface area contributed by atoms with Gasteiger partial charge in [0.05, 0.1) is 6.26 Å². The molecular formula is C20H35N3O2. The number of furan rings is 1. The summed E-state index contributed by atoms with van der Waals surface area (Å²) in [6.07, 6.45) is 8.30. The minimum absolute atomic E-state index is 0.474. The Morgan fingerprint density at radius 2 is 1.96 bits per heavy atom. The lowest BCUT2D eigenvalue weighted by Gasteiger charge is -2.34. The van der Waals surface area contributed by atoms with E-state index in [4.69, 9.17) is 4.42 Å². The van der Waals surface area contributed by atoms with Crippen LogP contribution in [0.4, 0.5) is 0 Å². The zero-order valence-corrected chi connectivity index (χ0v) is 15.8. The minimum atomic E-state index is -0.474. The van der Waals surface area contributed by atoms with Gasteiger partial charge in [0, 0.05) is 32.2 Å². The third-order valence-corrected chi connectivity index (χ3v) is 5.88. The highest BCUT2D eigenvalue weighted by atomic mass is 16.4. The molecule has 0 aliphatic carbocycles. The number of piperazine rings is 1. The van der Waals surface area contributed by atoms with Gasteiger partial charge in [-0.1, -0.05) is 12.8 Å². The molecule has 5 nitrogen and oxygen atoms in total. The van der Waals surface area contributed by atoms with Crippen LogP contribution in [0.5, 0.6) is 0 Å². The van der Waals surface area contributed by atoms with Crippen molar-refractivity contribution >= 4 is 0 Å². The molecule has 2 saturated heterocycles. The molecule has 0 aromatic carbocycles. The molecule has 2 aliphatic rings. The Balaban J connectivity index is 1.46. The Morgan fingerprint density at radius 1 is 1.12 bits per heavy atom. The largest absolute Gasteiger partial charge is 0.467 e. The van der Waals surface area contributed by atoms with E-state index in [9.17, 15) is 5.11 Å². The van der Waals surface area contributed by atoms with Crippen LogP contribution in [0.2, 0.25) is 0 Å². The Bertz CT molecular complexity index is 471. The zero-order valence-electron chi connectivity index (χ0n) is 15.8. The molecule has 2 unspecified atom stereocenters. The maximum Gasteiger partial charge on any atom is 0.132 e. The first-order chi connectivity index (χ1) is 12.2. The van der Waals surface area contributed by atoms with Crippen molar-refractivity contribution in [2.75, 3.05) is 52.9 Å². The maximum atomic E-state index is 10.5. The lowest BCUT2D eigenvalue weighted by atomic mass is 10.0. The van der Waals surface area contributed by atoms with Crippen LogP contribution < -0.4 is 0 Å². The van der Waals surface area contributed by atoms with Crippen molar-refractivity contribution in [2.24, 2.45) is 0 Å². The van der Waals surface area contributed by atoms with Crippen molar-refractivity contribution in [3.05, 3.63) is 24.2 Å². The fraction of sp³-hybridized carbons (Fsp3) is 0.800. The number of hydrogen-bond acceptors (Lipinski definition) is 5. The molecule has 0 radical (unpaired) electrons. The summed E-state index contributed by atoms with van der Waals surface area (Å²) in [6.45, 7) is 8.34. The van der Waals surface area contributed by atoms with E-state index in [1.54, 1.807) is 6.26 Å². The molecule has 3 rings (SSSR count). The quantitative estimate of drug-likeness (QED) is 0.820. The highest BCUT2D eigenvalue weighted by molar-refractivity contribution is 5.02. The third kappa shape index (κ3) is 5.81. The van der Waals surface area contributed by atoms with Gasteiger partial charge in [0.15, 0.2) is 0 Å². The van der Waals surface area contributed by atoms with E-state index in [2.05, 4.69) is 21.7 Å². The summed E-state index contributed by atoms with van der Waals surface area (Å²) in [7, 11) is 2.21. The average molecular weight is 350 g/mol. The number of aliphatic hydroxyl groups is 1. The summed E-state index contributed by atoms with van der Waals surface area (Å²) >= 11 is 0. The van der Waals surface area contributed by atoms with Gasteiger partial charge in [0.2, 0.25) is 0 Å². The molecule has 0 spiro atoms. The van der Waals surface area contributed by atoms with E-state index in [0.29, 0.717) is 11.8 Å². The molecule has 1 aromatic heterocycles. The molecule has 0 bridgehead atoms. The van der Waals surface area contributed by atoms with E-state index < -0.39 is 6.10 Å². The Kier molecular flexibility index (Phi) is 7.35. The van der Waals surface area contributed by atoms with Gasteiger partial charge in [0.25, 0.3) is 0 Å². The Labute approximate surface area is 152 Å². The van der Waals surface area contributed by atoms with Gasteiger partial charge in [-0.25, -0.2) is 0 Å². The third-order valence-electron chi connectivity index (χ3n) is 5.88. The molecule has 1 N–H and O–H groups in total. The summed E-state index contributed by atoms with van der Waals surface area (Å²) in [4.78, 5) is 7.65. The second-order valence-electron chi connectivity index (χ2n) is 7.80. The summed E-state index contributed by atoms with van der Waals surface area (Å²) in [5, 5.41) is 10.5. The minimum Gasteiger partial charge on any atom is -0.467 e. The van der Waals surface area contributed by atoms with Crippen molar-refractivity contribution < 1.29 is 9.52 Å². The molecule has 5 heteroatoms. The van der Waals surface area contributed by atoms with Crippen LogP contribution in [-0.2, 0) is 0 Å². The summed E-state index contributed by atoms with van der Waals surface area (Å²) in [5.41, 5.74) is 0. The molecular weight excluding hydrogens is 314 g/mol. The first-order valence-electron chi connectivity index (χ1n) is 10.1. The SMILES string of the molecule is CN1CCN(CCCN2CCCCCC2CC(O)c2ccco2)CC1. The predicted octanol–water partition coefficient (Wildman–Crippen LogP) is 2.59. The standard InChI is InChI=1S/C20H35N3O2/c1-21-12-14-22(15-13-21)9-6-11-23-10-4-2-3-7-18(23)17-19(24)20-8-5-16-25-20/h5,8,16,18-19,24H,2-4,6-7,9-15,17H2,1H3. The summed E-state index contributed by atoms with van der Waals surface area (Å²) in [6, 6.07) is 4.23.